The molecule has 2 nitrogen and oxygen atoms in total. The minimum atomic E-state index is 0.0461. The van der Waals surface area contributed by atoms with Gasteiger partial charge in [0.25, 0.3) is 0 Å². The summed E-state index contributed by atoms with van der Waals surface area (Å²) in [6.07, 6.45) is 0. The molecule has 1 rings (SSSR count). The molecule has 3 heteroatoms. The average molecular weight is 178 g/mol. The van der Waals surface area contributed by atoms with Crippen molar-refractivity contribution < 1.29 is 5.11 Å². The van der Waals surface area contributed by atoms with E-state index in [1.807, 2.05) is 0 Å². The molecule has 1 N–H and O–H groups in total. The van der Waals surface area contributed by atoms with Gasteiger partial charge < -0.3 is 5.11 Å². The first-order valence-corrected chi connectivity index (χ1v) is 3.50. The number of nitriles is 1. The standard InChI is InChI=1S/C9H4ClNO/c10-8-4-7(2-1-3-11)5-9(12)6-8/h4-6,12H. The van der Waals surface area contributed by atoms with Crippen LogP contribution in [0.15, 0.2) is 18.2 Å². The Hall–Kier alpha value is -1.64. The van der Waals surface area contributed by atoms with E-state index in [4.69, 9.17) is 22.0 Å². The van der Waals surface area contributed by atoms with Gasteiger partial charge in [-0.2, -0.15) is 5.26 Å². The molecule has 1 aromatic rings. The van der Waals surface area contributed by atoms with Gasteiger partial charge in [-0.25, -0.2) is 0 Å². The van der Waals surface area contributed by atoms with Crippen LogP contribution in [0, 0.1) is 23.2 Å². The molecule has 0 aliphatic carbocycles. The molecule has 0 heterocycles. The summed E-state index contributed by atoms with van der Waals surface area (Å²) in [5.74, 6) is 4.77. The zero-order chi connectivity index (χ0) is 8.97. The summed E-state index contributed by atoms with van der Waals surface area (Å²) in [5.41, 5.74) is 0.529. The topological polar surface area (TPSA) is 44.0 Å². The van der Waals surface area contributed by atoms with Gasteiger partial charge in [0.05, 0.1) is 0 Å². The predicted molar refractivity (Wildman–Crippen MR) is 45.6 cm³/mol. The van der Waals surface area contributed by atoms with E-state index in [0.717, 1.165) is 0 Å². The third kappa shape index (κ3) is 2.20. The fourth-order valence-corrected chi connectivity index (χ4v) is 0.976. The fraction of sp³-hybridized carbons (Fsp3) is 0. The van der Waals surface area contributed by atoms with Crippen LogP contribution in [-0.4, -0.2) is 5.11 Å². The van der Waals surface area contributed by atoms with E-state index >= 15 is 0 Å². The Labute approximate surface area is 75.0 Å². The van der Waals surface area contributed by atoms with Crippen LogP contribution in [0.25, 0.3) is 0 Å². The van der Waals surface area contributed by atoms with Crippen molar-refractivity contribution in [2.45, 2.75) is 0 Å². The number of hydrogen-bond acceptors (Lipinski definition) is 2. The highest BCUT2D eigenvalue weighted by atomic mass is 35.5. The molecule has 12 heavy (non-hydrogen) atoms. The summed E-state index contributed by atoms with van der Waals surface area (Å²) in [7, 11) is 0. The summed E-state index contributed by atoms with van der Waals surface area (Å²) < 4.78 is 0. The van der Waals surface area contributed by atoms with Gasteiger partial charge in [0, 0.05) is 16.5 Å². The van der Waals surface area contributed by atoms with Gasteiger partial charge in [-0.15, -0.1) is 0 Å². The van der Waals surface area contributed by atoms with E-state index in [2.05, 4.69) is 11.8 Å². The van der Waals surface area contributed by atoms with Crippen LogP contribution >= 0.6 is 11.6 Å². The lowest BCUT2D eigenvalue weighted by Crippen LogP contribution is -1.74. The van der Waals surface area contributed by atoms with Crippen molar-refractivity contribution >= 4 is 11.6 Å². The Morgan fingerprint density at radius 1 is 1.33 bits per heavy atom. The maximum absolute atomic E-state index is 9.06. The Bertz CT molecular complexity index is 375. The fourth-order valence-electron chi connectivity index (χ4n) is 0.746. The lowest BCUT2D eigenvalue weighted by Gasteiger charge is -1.94. The smallest absolute Gasteiger partial charge is 0.152 e. The zero-order valence-corrected chi connectivity index (χ0v) is 6.76. The molecule has 1 aromatic carbocycles. The largest absolute Gasteiger partial charge is 0.508 e. The normalized spacial score (nSPS) is 8.00. The second-order valence-electron chi connectivity index (χ2n) is 2.06. The molecule has 0 bridgehead atoms. The number of benzene rings is 1. The van der Waals surface area contributed by atoms with Crippen LogP contribution in [0.4, 0.5) is 0 Å². The van der Waals surface area contributed by atoms with Crippen LogP contribution < -0.4 is 0 Å². The monoisotopic (exact) mass is 177 g/mol. The van der Waals surface area contributed by atoms with Gasteiger partial charge in [-0.05, 0) is 18.2 Å². The zero-order valence-electron chi connectivity index (χ0n) is 6.00. The van der Waals surface area contributed by atoms with E-state index < -0.39 is 0 Å². The Morgan fingerprint density at radius 3 is 2.67 bits per heavy atom. The van der Waals surface area contributed by atoms with Gasteiger partial charge in [0.1, 0.15) is 5.75 Å². The first-order valence-electron chi connectivity index (χ1n) is 3.12. The molecule has 0 fully saturated rings. The Balaban J connectivity index is 3.11. The summed E-state index contributed by atoms with van der Waals surface area (Å²) >= 11 is 5.62. The molecule has 0 spiro atoms. The minimum absolute atomic E-state index is 0.0461. The van der Waals surface area contributed by atoms with Gasteiger partial charge >= 0.3 is 0 Å². The van der Waals surface area contributed by atoms with Gasteiger partial charge in [-0.3, -0.25) is 0 Å². The average Bonchev–Trinajstić information content (AvgIpc) is 1.99. The quantitative estimate of drug-likeness (QED) is 0.616. The van der Waals surface area contributed by atoms with Crippen molar-refractivity contribution in [3.63, 3.8) is 0 Å². The highest BCUT2D eigenvalue weighted by molar-refractivity contribution is 6.30. The number of aromatic hydroxyl groups is 1. The maximum Gasteiger partial charge on any atom is 0.152 e. The molecule has 0 saturated carbocycles. The van der Waals surface area contributed by atoms with Crippen molar-refractivity contribution in [3.05, 3.63) is 28.8 Å². The molecule has 0 unspecified atom stereocenters. The van der Waals surface area contributed by atoms with Crippen molar-refractivity contribution in [2.75, 3.05) is 0 Å². The minimum Gasteiger partial charge on any atom is -0.508 e. The molecular formula is C9H4ClNO. The summed E-state index contributed by atoms with van der Waals surface area (Å²) in [6.45, 7) is 0. The van der Waals surface area contributed by atoms with Gasteiger partial charge in [0.15, 0.2) is 6.07 Å². The second-order valence-corrected chi connectivity index (χ2v) is 2.50. The Kier molecular flexibility index (Phi) is 2.58. The molecule has 0 amide bonds. The molecular weight excluding hydrogens is 174 g/mol. The highest BCUT2D eigenvalue weighted by Gasteiger charge is 1.94. The lowest BCUT2D eigenvalue weighted by atomic mass is 10.2. The van der Waals surface area contributed by atoms with E-state index in [1.54, 1.807) is 12.1 Å². The van der Waals surface area contributed by atoms with Crippen LogP contribution in [0.5, 0.6) is 5.75 Å². The molecule has 58 valence electrons. The van der Waals surface area contributed by atoms with E-state index in [-0.39, 0.29) is 5.75 Å². The number of rotatable bonds is 0. The number of halogens is 1. The molecule has 0 saturated heterocycles. The third-order valence-electron chi connectivity index (χ3n) is 1.15. The number of hydrogen-bond donors (Lipinski definition) is 1. The van der Waals surface area contributed by atoms with Crippen LogP contribution in [0.3, 0.4) is 0 Å². The van der Waals surface area contributed by atoms with Crippen molar-refractivity contribution in [1.82, 2.24) is 0 Å². The van der Waals surface area contributed by atoms with Crippen molar-refractivity contribution in [2.24, 2.45) is 0 Å². The summed E-state index contributed by atoms with van der Waals surface area (Å²) in [5, 5.41) is 17.6. The molecule has 0 aliphatic heterocycles. The second kappa shape index (κ2) is 3.67. The van der Waals surface area contributed by atoms with Crippen LogP contribution in [-0.2, 0) is 0 Å². The number of nitrogens with zero attached hydrogens (tertiary/aromatic N) is 1. The molecule has 0 radical (unpaired) electrons. The molecule has 0 atom stereocenters. The molecule has 0 aromatic heterocycles. The number of phenolic OH excluding ortho intramolecular Hbond substituents is 1. The highest BCUT2D eigenvalue weighted by Crippen LogP contribution is 2.18. The van der Waals surface area contributed by atoms with E-state index in [0.29, 0.717) is 10.6 Å². The van der Waals surface area contributed by atoms with Gasteiger partial charge in [0.2, 0.25) is 0 Å². The Morgan fingerprint density at radius 2 is 2.08 bits per heavy atom. The van der Waals surface area contributed by atoms with E-state index in [1.165, 1.54) is 12.1 Å². The van der Waals surface area contributed by atoms with Crippen LogP contribution in [0.2, 0.25) is 5.02 Å². The van der Waals surface area contributed by atoms with Crippen molar-refractivity contribution in [1.29, 1.82) is 5.26 Å². The molecule has 0 aliphatic rings. The summed E-state index contributed by atoms with van der Waals surface area (Å²) in [4.78, 5) is 0. The van der Waals surface area contributed by atoms with Crippen molar-refractivity contribution in [3.8, 4) is 23.7 Å². The first kappa shape index (κ1) is 8.46. The lowest BCUT2D eigenvalue weighted by molar-refractivity contribution is 0.475. The predicted octanol–water partition coefficient (Wildman–Crippen LogP) is 1.92. The van der Waals surface area contributed by atoms with Gasteiger partial charge in [-0.1, -0.05) is 17.5 Å². The summed E-state index contributed by atoms with van der Waals surface area (Å²) in [6, 6.07) is 6.09. The SMILES string of the molecule is N#CC#Cc1cc(O)cc(Cl)c1. The third-order valence-corrected chi connectivity index (χ3v) is 1.36. The van der Waals surface area contributed by atoms with E-state index in [9.17, 15) is 0 Å². The first-order chi connectivity index (χ1) is 5.72. The number of phenols is 1. The van der Waals surface area contributed by atoms with Crippen LogP contribution in [0.1, 0.15) is 5.56 Å². The maximum atomic E-state index is 9.06.